The van der Waals surface area contributed by atoms with E-state index in [0.29, 0.717) is 21.9 Å². The second-order valence-electron chi connectivity index (χ2n) is 5.90. The van der Waals surface area contributed by atoms with Gasteiger partial charge >= 0.3 is 5.69 Å². The first-order valence-corrected chi connectivity index (χ1v) is 7.92. The molecule has 0 aliphatic heterocycles. The molecular weight excluding hydrogens is 346 g/mol. The molecule has 0 spiro atoms. The predicted molar refractivity (Wildman–Crippen MR) is 95.3 cm³/mol. The number of hydrogen-bond donors (Lipinski definition) is 1. The van der Waals surface area contributed by atoms with Crippen molar-refractivity contribution >= 4 is 28.3 Å². The van der Waals surface area contributed by atoms with Crippen molar-refractivity contribution in [1.82, 2.24) is 0 Å². The Kier molecular flexibility index (Phi) is 4.22. The molecule has 3 aromatic rings. The van der Waals surface area contributed by atoms with E-state index in [9.17, 15) is 20.0 Å². The normalized spacial score (nSPS) is 11.2. The van der Waals surface area contributed by atoms with E-state index >= 15 is 0 Å². The lowest BCUT2D eigenvalue weighted by atomic mass is 9.96. The molecule has 1 aromatic heterocycles. The van der Waals surface area contributed by atoms with E-state index in [2.05, 4.69) is 0 Å². The van der Waals surface area contributed by atoms with Crippen molar-refractivity contribution in [2.45, 2.75) is 19.8 Å². The number of nitro benzene ring substituents is 1. The number of fused-ring (bicyclic) bond motifs is 1. The van der Waals surface area contributed by atoms with Crippen LogP contribution in [0.2, 0.25) is 5.02 Å². The van der Waals surface area contributed by atoms with Gasteiger partial charge in [-0.2, -0.15) is 0 Å². The Morgan fingerprint density at radius 1 is 1.16 bits per heavy atom. The van der Waals surface area contributed by atoms with Crippen LogP contribution in [-0.2, 0) is 0 Å². The van der Waals surface area contributed by atoms with Gasteiger partial charge in [-0.15, -0.1) is 0 Å². The molecule has 0 fully saturated rings. The van der Waals surface area contributed by atoms with Gasteiger partial charge in [-0.05, 0) is 29.8 Å². The number of halogens is 1. The largest absolute Gasteiger partial charge is 0.502 e. The van der Waals surface area contributed by atoms with Crippen molar-refractivity contribution in [3.05, 3.63) is 67.5 Å². The quantitative estimate of drug-likeness (QED) is 0.532. The second kappa shape index (κ2) is 6.22. The number of hydrogen-bond acceptors (Lipinski definition) is 5. The molecule has 3 rings (SSSR count). The van der Waals surface area contributed by atoms with Crippen molar-refractivity contribution < 1.29 is 14.4 Å². The molecule has 25 heavy (non-hydrogen) atoms. The number of phenolic OH excluding ortho intramolecular Hbond substituents is 1. The monoisotopic (exact) mass is 359 g/mol. The number of rotatable bonds is 3. The van der Waals surface area contributed by atoms with Crippen molar-refractivity contribution in [1.29, 1.82) is 0 Å². The second-order valence-corrected chi connectivity index (χ2v) is 6.34. The van der Waals surface area contributed by atoms with Gasteiger partial charge in [0.2, 0.25) is 11.0 Å². The van der Waals surface area contributed by atoms with Gasteiger partial charge in [0.05, 0.1) is 15.9 Å². The summed E-state index contributed by atoms with van der Waals surface area (Å²) in [5.74, 6) is -0.437. The summed E-state index contributed by atoms with van der Waals surface area (Å²) in [6.07, 6.45) is 0. The summed E-state index contributed by atoms with van der Waals surface area (Å²) < 4.78 is 5.76. The number of aromatic hydroxyl groups is 1. The summed E-state index contributed by atoms with van der Waals surface area (Å²) in [6.45, 7) is 3.64. The molecule has 0 saturated carbocycles. The number of nitro groups is 1. The van der Waals surface area contributed by atoms with Crippen LogP contribution in [0.1, 0.15) is 25.5 Å². The lowest BCUT2D eigenvalue weighted by molar-refractivity contribution is -0.384. The van der Waals surface area contributed by atoms with Crippen molar-refractivity contribution in [3.8, 4) is 16.9 Å². The average molecular weight is 360 g/mol. The van der Waals surface area contributed by atoms with Crippen molar-refractivity contribution in [3.63, 3.8) is 0 Å². The zero-order valence-corrected chi connectivity index (χ0v) is 14.2. The molecule has 128 valence electrons. The van der Waals surface area contributed by atoms with Crippen molar-refractivity contribution in [2.24, 2.45) is 0 Å². The van der Waals surface area contributed by atoms with Gasteiger partial charge in [0.25, 0.3) is 0 Å². The standard InChI is InChI=1S/C18H14ClNO5/c1-9(2)17-14(10-3-5-11(19)6-4-10)16(22)12-7-8-13(21)15(20(23)24)18(12)25-17/h3-9,21H,1-2H3. The molecule has 6 nitrogen and oxygen atoms in total. The third kappa shape index (κ3) is 2.85. The summed E-state index contributed by atoms with van der Waals surface area (Å²) in [7, 11) is 0. The fraction of sp³-hybridized carbons (Fsp3) is 0.167. The fourth-order valence-corrected chi connectivity index (χ4v) is 2.85. The molecule has 0 bridgehead atoms. The van der Waals surface area contributed by atoms with Gasteiger partial charge in [0, 0.05) is 10.9 Å². The van der Waals surface area contributed by atoms with E-state index in [1.165, 1.54) is 6.07 Å². The molecule has 7 heteroatoms. The van der Waals surface area contributed by atoms with Gasteiger partial charge in [-0.25, -0.2) is 0 Å². The molecule has 0 aliphatic rings. The van der Waals surface area contributed by atoms with E-state index in [1.807, 2.05) is 13.8 Å². The molecule has 0 radical (unpaired) electrons. The Bertz CT molecular complexity index is 1040. The minimum atomic E-state index is -0.757. The summed E-state index contributed by atoms with van der Waals surface area (Å²) in [5, 5.41) is 21.7. The maximum absolute atomic E-state index is 13.0. The van der Waals surface area contributed by atoms with Crippen LogP contribution in [0.4, 0.5) is 5.69 Å². The van der Waals surface area contributed by atoms with E-state index < -0.39 is 21.8 Å². The molecule has 0 atom stereocenters. The summed E-state index contributed by atoms with van der Waals surface area (Å²) in [4.78, 5) is 23.6. The smallest absolute Gasteiger partial charge is 0.353 e. The summed E-state index contributed by atoms with van der Waals surface area (Å²) >= 11 is 5.91. The molecule has 0 unspecified atom stereocenters. The zero-order chi connectivity index (χ0) is 18.3. The van der Waals surface area contributed by atoms with Crippen LogP contribution in [0.3, 0.4) is 0 Å². The van der Waals surface area contributed by atoms with Crippen LogP contribution >= 0.6 is 11.6 Å². The first-order valence-electron chi connectivity index (χ1n) is 7.54. The van der Waals surface area contributed by atoms with Gasteiger partial charge in [0.15, 0.2) is 5.75 Å². The highest BCUT2D eigenvalue weighted by atomic mass is 35.5. The van der Waals surface area contributed by atoms with E-state index in [4.69, 9.17) is 16.0 Å². The molecule has 2 aromatic carbocycles. The molecule has 0 amide bonds. The van der Waals surface area contributed by atoms with Gasteiger partial charge < -0.3 is 9.52 Å². The molecule has 0 aliphatic carbocycles. The van der Waals surface area contributed by atoms with Crippen LogP contribution in [0.15, 0.2) is 45.6 Å². The predicted octanol–water partition coefficient (Wildman–Crippen LogP) is 4.85. The van der Waals surface area contributed by atoms with Crippen molar-refractivity contribution in [2.75, 3.05) is 0 Å². The number of phenols is 1. The fourth-order valence-electron chi connectivity index (χ4n) is 2.72. The summed E-state index contributed by atoms with van der Waals surface area (Å²) in [5.41, 5.74) is -0.287. The number of nitrogens with zero attached hydrogens (tertiary/aromatic N) is 1. The van der Waals surface area contributed by atoms with Crippen LogP contribution < -0.4 is 5.43 Å². The Balaban J connectivity index is 2.47. The highest BCUT2D eigenvalue weighted by Gasteiger charge is 2.26. The molecule has 1 N–H and O–H groups in total. The lowest BCUT2D eigenvalue weighted by Crippen LogP contribution is -2.11. The van der Waals surface area contributed by atoms with Crippen LogP contribution in [0, 0.1) is 10.1 Å². The first-order chi connectivity index (χ1) is 11.8. The average Bonchev–Trinajstić information content (AvgIpc) is 2.55. The van der Waals surface area contributed by atoms with Gasteiger partial charge in [-0.3, -0.25) is 14.9 Å². The van der Waals surface area contributed by atoms with Crippen LogP contribution in [-0.4, -0.2) is 10.0 Å². The Hall–Kier alpha value is -2.86. The Morgan fingerprint density at radius 2 is 1.80 bits per heavy atom. The summed E-state index contributed by atoms with van der Waals surface area (Å²) in [6, 6.07) is 9.15. The topological polar surface area (TPSA) is 93.6 Å². The SMILES string of the molecule is CC(C)c1oc2c([N+](=O)[O-])c(O)ccc2c(=O)c1-c1ccc(Cl)cc1. The Labute approximate surface area is 147 Å². The maximum Gasteiger partial charge on any atom is 0.353 e. The highest BCUT2D eigenvalue weighted by molar-refractivity contribution is 6.30. The molecule has 1 heterocycles. The van der Waals surface area contributed by atoms with Crippen LogP contribution in [0.25, 0.3) is 22.1 Å². The van der Waals surface area contributed by atoms with Crippen LogP contribution in [0.5, 0.6) is 5.75 Å². The van der Waals surface area contributed by atoms with E-state index in [0.717, 1.165) is 6.07 Å². The lowest BCUT2D eigenvalue weighted by Gasteiger charge is -2.13. The van der Waals surface area contributed by atoms with Gasteiger partial charge in [-0.1, -0.05) is 37.6 Å². The maximum atomic E-state index is 13.0. The van der Waals surface area contributed by atoms with E-state index in [-0.39, 0.29) is 16.9 Å². The molecule has 0 saturated heterocycles. The minimum absolute atomic E-state index is 0.0406. The third-order valence-corrected chi connectivity index (χ3v) is 4.13. The number of benzene rings is 2. The molecular formula is C18H14ClNO5. The highest BCUT2D eigenvalue weighted by Crippen LogP contribution is 2.37. The first kappa shape index (κ1) is 17.0. The third-order valence-electron chi connectivity index (χ3n) is 3.88. The van der Waals surface area contributed by atoms with E-state index in [1.54, 1.807) is 24.3 Å². The van der Waals surface area contributed by atoms with Gasteiger partial charge in [0.1, 0.15) is 5.76 Å². The Morgan fingerprint density at radius 3 is 2.36 bits per heavy atom. The zero-order valence-electron chi connectivity index (χ0n) is 13.4. The minimum Gasteiger partial charge on any atom is -0.502 e.